The molecule has 0 unspecified atom stereocenters. The molecule has 2 aliphatic heterocycles. The van der Waals surface area contributed by atoms with Crippen molar-refractivity contribution in [3.63, 3.8) is 0 Å². The molecule has 0 N–H and O–H groups in total. The summed E-state index contributed by atoms with van der Waals surface area (Å²) in [6.07, 6.45) is -0.874. The maximum absolute atomic E-state index is 13.9. The van der Waals surface area contributed by atoms with E-state index < -0.39 is 18.1 Å². The molecule has 0 aliphatic carbocycles. The van der Waals surface area contributed by atoms with Crippen molar-refractivity contribution < 1.29 is 14.4 Å². The van der Waals surface area contributed by atoms with Crippen LogP contribution in [0.25, 0.3) is 10.8 Å². The van der Waals surface area contributed by atoms with Gasteiger partial charge in [-0.15, -0.1) is 0 Å². The minimum Gasteiger partial charge on any atom is -0.273 e. The number of carbonyl (C=O) groups is 2. The number of amides is 2. The molecule has 2 saturated heterocycles. The van der Waals surface area contributed by atoms with Crippen LogP contribution in [0.4, 0.5) is 11.4 Å². The second-order valence-corrected chi connectivity index (χ2v) is 8.52. The molecule has 0 radical (unpaired) electrons. The van der Waals surface area contributed by atoms with Gasteiger partial charge in [-0.3, -0.25) is 14.4 Å². The van der Waals surface area contributed by atoms with E-state index in [4.69, 9.17) is 4.84 Å². The highest BCUT2D eigenvalue weighted by Gasteiger charge is 2.60. The van der Waals surface area contributed by atoms with Crippen LogP contribution in [0.1, 0.15) is 17.2 Å². The van der Waals surface area contributed by atoms with Gasteiger partial charge < -0.3 is 0 Å². The fourth-order valence-corrected chi connectivity index (χ4v) is 5.09. The van der Waals surface area contributed by atoms with E-state index in [-0.39, 0.29) is 11.8 Å². The van der Waals surface area contributed by atoms with Crippen LogP contribution in [-0.2, 0) is 14.4 Å². The Kier molecular flexibility index (Phi) is 4.52. The smallest absolute Gasteiger partial charge is 0.266 e. The third-order valence-electron chi connectivity index (χ3n) is 6.64. The zero-order valence-corrected chi connectivity index (χ0v) is 18.1. The molecule has 0 spiro atoms. The van der Waals surface area contributed by atoms with Gasteiger partial charge in [0, 0.05) is 5.39 Å². The number of hydrogen-bond donors (Lipinski definition) is 0. The molecule has 33 heavy (non-hydrogen) atoms. The number of rotatable bonds is 3. The van der Waals surface area contributed by atoms with E-state index in [0.717, 1.165) is 27.6 Å². The Morgan fingerprint density at radius 1 is 0.727 bits per heavy atom. The Balaban J connectivity index is 1.48. The Bertz CT molecular complexity index is 1380. The fraction of sp³-hybridized carbons (Fsp3) is 0.143. The lowest BCUT2D eigenvalue weighted by Crippen LogP contribution is -2.37. The Morgan fingerprint density at radius 2 is 1.42 bits per heavy atom. The highest BCUT2D eigenvalue weighted by atomic mass is 16.7. The van der Waals surface area contributed by atoms with Gasteiger partial charge in [-0.05, 0) is 41.6 Å². The number of benzene rings is 4. The molecule has 0 bridgehead atoms. The van der Waals surface area contributed by atoms with Gasteiger partial charge in [-0.2, -0.15) is 0 Å². The highest BCUT2D eigenvalue weighted by Crippen LogP contribution is 2.48. The van der Waals surface area contributed by atoms with Crippen molar-refractivity contribution in [2.75, 3.05) is 9.96 Å². The van der Waals surface area contributed by atoms with Crippen LogP contribution in [0, 0.1) is 12.8 Å². The molecule has 2 amide bonds. The fourth-order valence-electron chi connectivity index (χ4n) is 5.09. The van der Waals surface area contributed by atoms with Gasteiger partial charge >= 0.3 is 0 Å². The van der Waals surface area contributed by atoms with Gasteiger partial charge in [0.05, 0.1) is 17.4 Å². The van der Waals surface area contributed by atoms with Crippen LogP contribution >= 0.6 is 0 Å². The van der Waals surface area contributed by atoms with Gasteiger partial charge in [0.25, 0.3) is 5.91 Å². The summed E-state index contributed by atoms with van der Waals surface area (Å²) in [7, 11) is 0. The lowest BCUT2D eigenvalue weighted by atomic mass is 9.88. The summed E-state index contributed by atoms with van der Waals surface area (Å²) in [5, 5.41) is 3.59. The first-order chi connectivity index (χ1) is 16.1. The molecule has 2 fully saturated rings. The lowest BCUT2D eigenvalue weighted by molar-refractivity contribution is -0.126. The number of fused-ring (bicyclic) bond motifs is 2. The second kappa shape index (κ2) is 7.57. The standard InChI is InChI=1S/C28H22N2O3/c1-18-10-5-7-15-21(18)25-24-26(33-30(25)20-13-3-2-4-14-20)28(32)29(27(24)31)23-17-9-12-19-11-6-8-16-22(19)23/h2-17,24-26H,1H3/t24-,25+,26-/m1/s1. The van der Waals surface area contributed by atoms with E-state index >= 15 is 0 Å². The molecule has 5 nitrogen and oxygen atoms in total. The monoisotopic (exact) mass is 434 g/mol. The third kappa shape index (κ3) is 2.97. The van der Waals surface area contributed by atoms with E-state index in [1.165, 1.54) is 4.90 Å². The van der Waals surface area contributed by atoms with Gasteiger partial charge in [-0.25, -0.2) is 9.96 Å². The predicted octanol–water partition coefficient (Wildman–Crippen LogP) is 5.20. The normalized spacial score (nSPS) is 22.3. The van der Waals surface area contributed by atoms with E-state index in [2.05, 4.69) is 0 Å². The quantitative estimate of drug-likeness (QED) is 0.416. The van der Waals surface area contributed by atoms with Crippen LogP contribution in [0.2, 0.25) is 0 Å². The minimum atomic E-state index is -0.874. The average molecular weight is 434 g/mol. The SMILES string of the molecule is Cc1ccccc1[C@H]1[C@H]2C(=O)N(c3cccc4ccccc34)C(=O)[C@@H]2ON1c1ccccc1. The lowest BCUT2D eigenvalue weighted by Gasteiger charge is -2.29. The maximum atomic E-state index is 13.9. The number of hydroxylamine groups is 1. The molecule has 0 aromatic heterocycles. The van der Waals surface area contributed by atoms with E-state index in [0.29, 0.717) is 5.69 Å². The molecule has 6 rings (SSSR count). The molecule has 2 aliphatic rings. The zero-order valence-electron chi connectivity index (χ0n) is 18.1. The number of carbonyl (C=O) groups excluding carboxylic acids is 2. The molecule has 4 aromatic carbocycles. The number of para-hydroxylation sites is 1. The zero-order chi connectivity index (χ0) is 22.5. The maximum Gasteiger partial charge on any atom is 0.266 e. The van der Waals surface area contributed by atoms with Crippen molar-refractivity contribution in [2.45, 2.75) is 19.1 Å². The highest BCUT2D eigenvalue weighted by molar-refractivity contribution is 6.26. The summed E-state index contributed by atoms with van der Waals surface area (Å²) in [5.41, 5.74) is 3.46. The van der Waals surface area contributed by atoms with E-state index in [9.17, 15) is 9.59 Å². The van der Waals surface area contributed by atoms with Gasteiger partial charge in [-0.1, -0.05) is 78.9 Å². The van der Waals surface area contributed by atoms with Crippen LogP contribution in [-0.4, -0.2) is 17.9 Å². The molecule has 3 atom stereocenters. The first-order valence-electron chi connectivity index (χ1n) is 11.1. The van der Waals surface area contributed by atoms with E-state index in [1.54, 1.807) is 5.06 Å². The van der Waals surface area contributed by atoms with Crippen molar-refractivity contribution >= 4 is 34.0 Å². The van der Waals surface area contributed by atoms with Crippen molar-refractivity contribution in [3.8, 4) is 0 Å². The Morgan fingerprint density at radius 3 is 2.24 bits per heavy atom. The number of hydrogen-bond acceptors (Lipinski definition) is 4. The summed E-state index contributed by atoms with van der Waals surface area (Å²) in [4.78, 5) is 35.1. The summed E-state index contributed by atoms with van der Waals surface area (Å²) in [6, 6.07) is 30.7. The molecule has 4 aromatic rings. The van der Waals surface area contributed by atoms with Gasteiger partial charge in [0.2, 0.25) is 5.91 Å². The van der Waals surface area contributed by atoms with Crippen molar-refractivity contribution in [1.29, 1.82) is 0 Å². The largest absolute Gasteiger partial charge is 0.273 e. The summed E-state index contributed by atoms with van der Waals surface area (Å²) in [5.74, 6) is -1.19. The summed E-state index contributed by atoms with van der Waals surface area (Å²) < 4.78 is 0. The van der Waals surface area contributed by atoms with Crippen molar-refractivity contribution in [2.24, 2.45) is 5.92 Å². The second-order valence-electron chi connectivity index (χ2n) is 8.52. The minimum absolute atomic E-state index is 0.229. The van der Waals surface area contributed by atoms with Crippen LogP contribution in [0.3, 0.4) is 0 Å². The Labute approximate surface area is 191 Å². The van der Waals surface area contributed by atoms with E-state index in [1.807, 2.05) is 104 Å². The summed E-state index contributed by atoms with van der Waals surface area (Å²) >= 11 is 0. The molecule has 5 heteroatoms. The number of anilines is 2. The summed E-state index contributed by atoms with van der Waals surface area (Å²) in [6.45, 7) is 2.02. The third-order valence-corrected chi connectivity index (χ3v) is 6.64. The number of imide groups is 1. The van der Waals surface area contributed by atoms with Crippen molar-refractivity contribution in [3.05, 3.63) is 108 Å². The van der Waals surface area contributed by atoms with Crippen molar-refractivity contribution in [1.82, 2.24) is 0 Å². The molecular weight excluding hydrogens is 412 g/mol. The molecule has 162 valence electrons. The Hall–Kier alpha value is -3.96. The molecule has 0 saturated carbocycles. The predicted molar refractivity (Wildman–Crippen MR) is 128 cm³/mol. The van der Waals surface area contributed by atoms with Crippen LogP contribution in [0.15, 0.2) is 97.1 Å². The first kappa shape index (κ1) is 19.7. The van der Waals surface area contributed by atoms with Crippen LogP contribution < -0.4 is 9.96 Å². The molecular formula is C28H22N2O3. The van der Waals surface area contributed by atoms with Gasteiger partial charge in [0.15, 0.2) is 6.10 Å². The first-order valence-corrected chi connectivity index (χ1v) is 11.1. The topological polar surface area (TPSA) is 49.9 Å². The number of aryl methyl sites for hydroxylation is 1. The van der Waals surface area contributed by atoms with Crippen LogP contribution in [0.5, 0.6) is 0 Å². The van der Waals surface area contributed by atoms with Gasteiger partial charge in [0.1, 0.15) is 5.92 Å². The molecule has 2 heterocycles. The average Bonchev–Trinajstić information content (AvgIpc) is 3.35. The number of nitrogens with zero attached hydrogens (tertiary/aromatic N) is 2.